The predicted molar refractivity (Wildman–Crippen MR) is 36.3 cm³/mol. The maximum atomic E-state index is 5.70. The monoisotopic (exact) mass is 124 g/mol. The molecule has 1 heteroatoms. The summed E-state index contributed by atoms with van der Waals surface area (Å²) in [4.78, 5) is 0. The Kier molecular flexibility index (Phi) is 0.974. The summed E-state index contributed by atoms with van der Waals surface area (Å²) >= 11 is 0. The first-order valence-corrected chi connectivity index (χ1v) is 3.72. The third-order valence-corrected chi connectivity index (χ3v) is 2.45. The highest BCUT2D eigenvalue weighted by Gasteiger charge is 2.39. The first kappa shape index (κ1) is 5.48. The molecule has 2 aliphatic heterocycles. The summed E-state index contributed by atoms with van der Waals surface area (Å²) in [7, 11) is 0. The van der Waals surface area contributed by atoms with Gasteiger partial charge in [0.05, 0.1) is 11.7 Å². The van der Waals surface area contributed by atoms with Crippen LogP contribution in [-0.2, 0) is 4.74 Å². The molecule has 2 aliphatic rings. The number of hydrogen-bond donors (Lipinski definition) is 0. The van der Waals surface area contributed by atoms with Gasteiger partial charge in [-0.25, -0.2) is 0 Å². The highest BCUT2D eigenvalue weighted by molar-refractivity contribution is 5.16. The number of rotatable bonds is 1. The molecule has 1 fully saturated rings. The highest BCUT2D eigenvalue weighted by atomic mass is 16.5. The van der Waals surface area contributed by atoms with Gasteiger partial charge in [-0.05, 0) is 19.3 Å². The zero-order chi connectivity index (χ0) is 6.32. The molecule has 0 N–H and O–H groups in total. The van der Waals surface area contributed by atoms with Crippen molar-refractivity contribution < 1.29 is 4.74 Å². The SMILES string of the molecule is CCC12C=CC(CC1)O2. The van der Waals surface area contributed by atoms with E-state index in [-0.39, 0.29) is 5.60 Å². The molecule has 0 radical (unpaired) electrons. The topological polar surface area (TPSA) is 9.23 Å². The minimum absolute atomic E-state index is 0.171. The van der Waals surface area contributed by atoms with Crippen molar-refractivity contribution in [2.75, 3.05) is 0 Å². The summed E-state index contributed by atoms with van der Waals surface area (Å²) in [5.74, 6) is 0. The van der Waals surface area contributed by atoms with Crippen molar-refractivity contribution in [2.45, 2.75) is 37.9 Å². The molecule has 2 rings (SSSR count). The molecule has 2 unspecified atom stereocenters. The van der Waals surface area contributed by atoms with Gasteiger partial charge in [0.15, 0.2) is 0 Å². The molecule has 0 amide bonds. The maximum absolute atomic E-state index is 5.70. The van der Waals surface area contributed by atoms with Gasteiger partial charge in [0.1, 0.15) is 0 Å². The summed E-state index contributed by atoms with van der Waals surface area (Å²) < 4.78 is 5.70. The molecule has 0 spiro atoms. The Morgan fingerprint density at radius 3 is 2.89 bits per heavy atom. The van der Waals surface area contributed by atoms with E-state index in [4.69, 9.17) is 4.74 Å². The smallest absolute Gasteiger partial charge is 0.0869 e. The molecule has 2 heterocycles. The van der Waals surface area contributed by atoms with E-state index >= 15 is 0 Å². The minimum atomic E-state index is 0.171. The zero-order valence-corrected chi connectivity index (χ0v) is 5.76. The third kappa shape index (κ3) is 0.645. The van der Waals surface area contributed by atoms with Crippen molar-refractivity contribution in [3.63, 3.8) is 0 Å². The van der Waals surface area contributed by atoms with E-state index in [0.29, 0.717) is 6.10 Å². The summed E-state index contributed by atoms with van der Waals surface area (Å²) in [5.41, 5.74) is 0.171. The Morgan fingerprint density at radius 1 is 1.78 bits per heavy atom. The van der Waals surface area contributed by atoms with Crippen LogP contribution in [-0.4, -0.2) is 11.7 Å². The van der Waals surface area contributed by atoms with Gasteiger partial charge in [-0.1, -0.05) is 19.1 Å². The largest absolute Gasteiger partial charge is 0.364 e. The number of hydrogen-bond acceptors (Lipinski definition) is 1. The van der Waals surface area contributed by atoms with E-state index in [1.54, 1.807) is 0 Å². The lowest BCUT2D eigenvalue weighted by molar-refractivity contribution is 0.0297. The summed E-state index contributed by atoms with van der Waals surface area (Å²) in [5, 5.41) is 0. The fourth-order valence-corrected chi connectivity index (χ4v) is 1.72. The van der Waals surface area contributed by atoms with E-state index in [2.05, 4.69) is 19.1 Å². The molecule has 0 aromatic heterocycles. The van der Waals surface area contributed by atoms with Gasteiger partial charge in [0, 0.05) is 0 Å². The van der Waals surface area contributed by atoms with Crippen LogP contribution >= 0.6 is 0 Å². The fraction of sp³-hybridized carbons (Fsp3) is 0.750. The molecule has 2 bridgehead atoms. The van der Waals surface area contributed by atoms with Crippen LogP contribution < -0.4 is 0 Å². The van der Waals surface area contributed by atoms with Crippen molar-refractivity contribution in [3.05, 3.63) is 12.2 Å². The fourth-order valence-electron chi connectivity index (χ4n) is 1.72. The zero-order valence-electron chi connectivity index (χ0n) is 5.76. The van der Waals surface area contributed by atoms with Crippen LogP contribution in [0.2, 0.25) is 0 Å². The molecule has 1 nitrogen and oxygen atoms in total. The van der Waals surface area contributed by atoms with Gasteiger partial charge in [-0.2, -0.15) is 0 Å². The maximum Gasteiger partial charge on any atom is 0.0869 e. The van der Waals surface area contributed by atoms with Gasteiger partial charge in [0.2, 0.25) is 0 Å². The lowest BCUT2D eigenvalue weighted by atomic mass is 9.93. The van der Waals surface area contributed by atoms with Crippen LogP contribution in [0.1, 0.15) is 26.2 Å². The van der Waals surface area contributed by atoms with Crippen LogP contribution in [0.4, 0.5) is 0 Å². The molecule has 0 aromatic carbocycles. The number of fused-ring (bicyclic) bond motifs is 2. The van der Waals surface area contributed by atoms with Gasteiger partial charge < -0.3 is 4.74 Å². The van der Waals surface area contributed by atoms with Crippen molar-refractivity contribution in [1.29, 1.82) is 0 Å². The molecular weight excluding hydrogens is 112 g/mol. The molecule has 2 atom stereocenters. The van der Waals surface area contributed by atoms with Crippen LogP contribution in [0.25, 0.3) is 0 Å². The first-order chi connectivity index (χ1) is 4.35. The van der Waals surface area contributed by atoms with Crippen LogP contribution in [0, 0.1) is 0 Å². The Bertz CT molecular complexity index is 151. The molecule has 1 saturated heterocycles. The number of ether oxygens (including phenoxy) is 1. The predicted octanol–water partition coefficient (Wildman–Crippen LogP) is 1.88. The Hall–Kier alpha value is -0.300. The molecule has 0 saturated carbocycles. The second-order valence-electron chi connectivity index (χ2n) is 2.97. The molecular formula is C8H12O. The van der Waals surface area contributed by atoms with E-state index in [1.165, 1.54) is 12.8 Å². The standard InChI is InChI=1S/C8H12O/c1-2-8-5-3-7(9-8)4-6-8/h3,5,7H,2,4,6H2,1H3. The molecule has 9 heavy (non-hydrogen) atoms. The van der Waals surface area contributed by atoms with Crippen LogP contribution in [0.3, 0.4) is 0 Å². The highest BCUT2D eigenvalue weighted by Crippen LogP contribution is 2.39. The summed E-state index contributed by atoms with van der Waals surface area (Å²) in [6.07, 6.45) is 8.52. The van der Waals surface area contributed by atoms with Gasteiger partial charge in [-0.3, -0.25) is 0 Å². The average molecular weight is 124 g/mol. The molecule has 0 aromatic rings. The lowest BCUT2D eigenvalue weighted by Gasteiger charge is -2.18. The van der Waals surface area contributed by atoms with E-state index in [9.17, 15) is 0 Å². The van der Waals surface area contributed by atoms with Gasteiger partial charge >= 0.3 is 0 Å². The molecule has 50 valence electrons. The second-order valence-corrected chi connectivity index (χ2v) is 2.97. The first-order valence-electron chi connectivity index (χ1n) is 3.72. The third-order valence-electron chi connectivity index (χ3n) is 2.45. The van der Waals surface area contributed by atoms with E-state index in [0.717, 1.165) is 6.42 Å². The van der Waals surface area contributed by atoms with E-state index in [1.807, 2.05) is 0 Å². The molecule has 0 aliphatic carbocycles. The van der Waals surface area contributed by atoms with Gasteiger partial charge in [-0.15, -0.1) is 0 Å². The van der Waals surface area contributed by atoms with Crippen molar-refractivity contribution in [2.24, 2.45) is 0 Å². The second kappa shape index (κ2) is 1.60. The lowest BCUT2D eigenvalue weighted by Crippen LogP contribution is -2.20. The van der Waals surface area contributed by atoms with Crippen molar-refractivity contribution >= 4 is 0 Å². The van der Waals surface area contributed by atoms with Crippen molar-refractivity contribution in [3.8, 4) is 0 Å². The normalized spacial score (nSPS) is 46.6. The van der Waals surface area contributed by atoms with Gasteiger partial charge in [0.25, 0.3) is 0 Å². The van der Waals surface area contributed by atoms with Crippen LogP contribution in [0.5, 0.6) is 0 Å². The summed E-state index contributed by atoms with van der Waals surface area (Å²) in [6, 6.07) is 0. The quantitative estimate of drug-likeness (QED) is 0.485. The van der Waals surface area contributed by atoms with E-state index < -0.39 is 0 Å². The average Bonchev–Trinajstić information content (AvgIpc) is 2.46. The van der Waals surface area contributed by atoms with Crippen molar-refractivity contribution in [1.82, 2.24) is 0 Å². The summed E-state index contributed by atoms with van der Waals surface area (Å²) in [6.45, 7) is 2.19. The Balaban J connectivity index is 2.23. The van der Waals surface area contributed by atoms with Crippen LogP contribution in [0.15, 0.2) is 12.2 Å². The Morgan fingerprint density at radius 2 is 2.67 bits per heavy atom. The minimum Gasteiger partial charge on any atom is -0.364 e. The Labute approximate surface area is 55.7 Å².